The molecule has 0 atom stereocenters. The summed E-state index contributed by atoms with van der Waals surface area (Å²) in [5, 5.41) is 11.7. The summed E-state index contributed by atoms with van der Waals surface area (Å²) in [6.45, 7) is 4.36. The molecule has 32 heavy (non-hydrogen) atoms. The van der Waals surface area contributed by atoms with Gasteiger partial charge in [0.05, 0.1) is 22.9 Å². The van der Waals surface area contributed by atoms with Crippen molar-refractivity contribution in [2.75, 3.05) is 23.3 Å². The number of nitrogens with one attached hydrogen (secondary N) is 1. The highest BCUT2D eigenvalue weighted by Gasteiger charge is 2.17. The lowest BCUT2D eigenvalue weighted by Crippen LogP contribution is -2.33. The normalized spacial score (nSPS) is 14.5. The summed E-state index contributed by atoms with van der Waals surface area (Å²) in [7, 11) is 0. The number of fused-ring (bicyclic) bond motifs is 1. The highest BCUT2D eigenvalue weighted by Crippen LogP contribution is 2.24. The van der Waals surface area contributed by atoms with E-state index in [1.807, 2.05) is 60.7 Å². The van der Waals surface area contributed by atoms with Crippen molar-refractivity contribution in [1.82, 2.24) is 20.2 Å². The van der Waals surface area contributed by atoms with Crippen molar-refractivity contribution in [3.63, 3.8) is 0 Å². The fourth-order valence-corrected chi connectivity index (χ4v) is 3.87. The number of anilines is 2. The minimum Gasteiger partial charge on any atom is -0.355 e. The number of amides is 1. The van der Waals surface area contributed by atoms with E-state index in [1.165, 1.54) is 19.0 Å². The zero-order valence-corrected chi connectivity index (χ0v) is 17.9. The zero-order valence-electron chi connectivity index (χ0n) is 17.9. The van der Waals surface area contributed by atoms with Crippen LogP contribution >= 0.6 is 0 Å². The molecule has 2 aromatic heterocycles. The van der Waals surface area contributed by atoms with Gasteiger partial charge in [-0.15, -0.1) is 10.2 Å². The lowest BCUT2D eigenvalue weighted by atomic mass is 9.99. The van der Waals surface area contributed by atoms with Gasteiger partial charge in [0.25, 0.3) is 5.91 Å². The van der Waals surface area contributed by atoms with Gasteiger partial charge in [0, 0.05) is 24.3 Å². The number of nitrogens with zero attached hydrogens (tertiary/aromatic N) is 5. The van der Waals surface area contributed by atoms with Gasteiger partial charge in [0.15, 0.2) is 5.82 Å². The molecule has 7 heteroatoms. The molecule has 0 spiro atoms. The maximum atomic E-state index is 12.6. The average molecular weight is 425 g/mol. The lowest BCUT2D eigenvalue weighted by molar-refractivity contribution is 0.102. The number of para-hydroxylation sites is 2. The summed E-state index contributed by atoms with van der Waals surface area (Å²) in [6, 6.07) is 19.1. The third-order valence-electron chi connectivity index (χ3n) is 5.88. The molecule has 0 aliphatic carbocycles. The van der Waals surface area contributed by atoms with Crippen molar-refractivity contribution >= 4 is 28.4 Å². The van der Waals surface area contributed by atoms with Crippen LogP contribution in [0.2, 0.25) is 0 Å². The van der Waals surface area contributed by atoms with Crippen molar-refractivity contribution in [2.45, 2.75) is 19.8 Å². The van der Waals surface area contributed by atoms with Gasteiger partial charge in [-0.2, -0.15) is 0 Å². The van der Waals surface area contributed by atoms with E-state index in [1.54, 1.807) is 0 Å². The monoisotopic (exact) mass is 424 g/mol. The van der Waals surface area contributed by atoms with Gasteiger partial charge in [0.1, 0.15) is 5.69 Å². The summed E-state index contributed by atoms with van der Waals surface area (Å²) < 4.78 is 0. The van der Waals surface area contributed by atoms with E-state index in [-0.39, 0.29) is 11.6 Å². The highest BCUT2D eigenvalue weighted by molar-refractivity contribution is 6.03. The highest BCUT2D eigenvalue weighted by atomic mass is 16.1. The van der Waals surface area contributed by atoms with Crippen molar-refractivity contribution in [3.05, 3.63) is 72.6 Å². The van der Waals surface area contributed by atoms with Crippen molar-refractivity contribution in [2.24, 2.45) is 5.92 Å². The maximum absolute atomic E-state index is 12.6. The quantitative estimate of drug-likeness (QED) is 0.516. The molecule has 0 unspecified atom stereocenters. The molecule has 1 amide bonds. The van der Waals surface area contributed by atoms with Gasteiger partial charge in [0.2, 0.25) is 0 Å². The SMILES string of the molecule is CC1CCN(c2ccc(-c3ccc(NC(=O)c4cnc5ccccc5n4)cc3)nn2)CC1. The van der Waals surface area contributed by atoms with Crippen molar-refractivity contribution < 1.29 is 4.79 Å². The molecule has 1 fully saturated rings. The predicted octanol–water partition coefficient (Wildman–Crippen LogP) is 4.58. The van der Waals surface area contributed by atoms with Crippen LogP contribution in [0, 0.1) is 5.92 Å². The molecule has 5 rings (SSSR count). The summed E-state index contributed by atoms with van der Waals surface area (Å²) in [5.41, 5.74) is 4.16. The van der Waals surface area contributed by atoms with Crippen LogP contribution in [0.15, 0.2) is 66.9 Å². The summed E-state index contributed by atoms with van der Waals surface area (Å²) >= 11 is 0. The van der Waals surface area contributed by atoms with Crippen LogP contribution in [0.25, 0.3) is 22.3 Å². The Balaban J connectivity index is 1.26. The van der Waals surface area contributed by atoms with Gasteiger partial charge in [-0.3, -0.25) is 9.78 Å². The van der Waals surface area contributed by atoms with E-state index in [0.717, 1.165) is 41.6 Å². The first-order valence-electron chi connectivity index (χ1n) is 10.9. The predicted molar refractivity (Wildman–Crippen MR) is 126 cm³/mol. The lowest BCUT2D eigenvalue weighted by Gasteiger charge is -2.30. The molecule has 0 saturated carbocycles. The smallest absolute Gasteiger partial charge is 0.275 e. The minimum absolute atomic E-state index is 0.279. The molecular weight excluding hydrogens is 400 g/mol. The largest absolute Gasteiger partial charge is 0.355 e. The van der Waals surface area contributed by atoms with Gasteiger partial charge in [-0.05, 0) is 55.2 Å². The average Bonchev–Trinajstić information content (AvgIpc) is 2.85. The second-order valence-corrected chi connectivity index (χ2v) is 8.22. The van der Waals surface area contributed by atoms with Crippen molar-refractivity contribution in [1.29, 1.82) is 0 Å². The first-order valence-corrected chi connectivity index (χ1v) is 10.9. The van der Waals surface area contributed by atoms with Crippen LogP contribution in [0.4, 0.5) is 11.5 Å². The van der Waals surface area contributed by atoms with E-state index in [4.69, 9.17) is 0 Å². The Bertz CT molecular complexity index is 1230. The third kappa shape index (κ3) is 4.27. The molecule has 3 heterocycles. The standard InChI is InChI=1S/C25H24N6O/c1-17-12-14-31(15-13-17)24-11-10-20(29-30-24)18-6-8-19(9-7-18)27-25(32)23-16-26-21-4-2-3-5-22(21)28-23/h2-11,16-17H,12-15H2,1H3,(H,27,32). The number of carbonyl (C=O) groups is 1. The van der Waals surface area contributed by atoms with Crippen LogP contribution in [0.1, 0.15) is 30.3 Å². The molecule has 4 aromatic rings. The number of benzene rings is 2. The second kappa shape index (κ2) is 8.70. The Hall–Kier alpha value is -3.87. The van der Waals surface area contributed by atoms with E-state index in [2.05, 4.69) is 37.3 Å². The molecule has 1 N–H and O–H groups in total. The number of aromatic nitrogens is 4. The molecule has 0 bridgehead atoms. The van der Waals surface area contributed by atoms with Gasteiger partial charge in [-0.25, -0.2) is 4.98 Å². The Morgan fingerprint density at radius 2 is 1.69 bits per heavy atom. The Kier molecular flexibility index (Phi) is 5.46. The van der Waals surface area contributed by atoms with E-state index < -0.39 is 0 Å². The number of hydrogen-bond donors (Lipinski definition) is 1. The summed E-state index contributed by atoms with van der Waals surface area (Å²) in [5.74, 6) is 1.42. The van der Waals surface area contributed by atoms with Crippen LogP contribution in [0.3, 0.4) is 0 Å². The van der Waals surface area contributed by atoms with E-state index >= 15 is 0 Å². The number of rotatable bonds is 4. The molecule has 2 aromatic carbocycles. The third-order valence-corrected chi connectivity index (χ3v) is 5.88. The molecule has 0 radical (unpaired) electrons. The van der Waals surface area contributed by atoms with Crippen molar-refractivity contribution in [3.8, 4) is 11.3 Å². The Morgan fingerprint density at radius 1 is 0.938 bits per heavy atom. The van der Waals surface area contributed by atoms with Gasteiger partial charge < -0.3 is 10.2 Å². The molecule has 1 aliphatic rings. The maximum Gasteiger partial charge on any atom is 0.275 e. The number of piperidine rings is 1. The van der Waals surface area contributed by atoms with E-state index in [0.29, 0.717) is 11.2 Å². The van der Waals surface area contributed by atoms with Crippen LogP contribution in [-0.2, 0) is 0 Å². The van der Waals surface area contributed by atoms with Crippen LogP contribution in [-0.4, -0.2) is 39.2 Å². The van der Waals surface area contributed by atoms with E-state index in [9.17, 15) is 4.79 Å². The molecular formula is C25H24N6O. The molecule has 1 saturated heterocycles. The van der Waals surface area contributed by atoms with Gasteiger partial charge >= 0.3 is 0 Å². The Morgan fingerprint density at radius 3 is 2.41 bits per heavy atom. The first-order chi connectivity index (χ1) is 15.7. The van der Waals surface area contributed by atoms with Crippen LogP contribution in [0.5, 0.6) is 0 Å². The number of carbonyl (C=O) groups excluding carboxylic acids is 1. The zero-order chi connectivity index (χ0) is 21.9. The first kappa shape index (κ1) is 20.1. The molecule has 1 aliphatic heterocycles. The fraction of sp³-hybridized carbons (Fsp3) is 0.240. The molecule has 160 valence electrons. The minimum atomic E-state index is -0.295. The summed E-state index contributed by atoms with van der Waals surface area (Å²) in [6.07, 6.45) is 3.88. The molecule has 7 nitrogen and oxygen atoms in total. The Labute approximate surface area is 186 Å². The van der Waals surface area contributed by atoms with Gasteiger partial charge in [-0.1, -0.05) is 31.2 Å². The number of hydrogen-bond acceptors (Lipinski definition) is 6. The second-order valence-electron chi connectivity index (χ2n) is 8.22. The summed E-state index contributed by atoms with van der Waals surface area (Å²) in [4.78, 5) is 23.6. The van der Waals surface area contributed by atoms with Crippen LogP contribution < -0.4 is 10.2 Å². The topological polar surface area (TPSA) is 83.9 Å². The fourth-order valence-electron chi connectivity index (χ4n) is 3.87.